The molecule has 1 aromatic rings. The van der Waals surface area contributed by atoms with E-state index in [1.165, 1.54) is 0 Å². The summed E-state index contributed by atoms with van der Waals surface area (Å²) in [5, 5.41) is 0. The predicted molar refractivity (Wildman–Crippen MR) is 63.2 cm³/mol. The molecule has 17 heavy (non-hydrogen) atoms. The van der Waals surface area contributed by atoms with Crippen LogP contribution in [0.3, 0.4) is 0 Å². The Kier molecular flexibility index (Phi) is 2.96. The standard InChI is InChI=1S/C11H11Cl2NO3/c1-10(6-11(10,12)13)9(16)17-5-8(15)7-3-2-4-14-7/h2-4,14H,5-6H2,1H3/t10-/m1/s1. The molecule has 1 heterocycles. The van der Waals surface area contributed by atoms with Crippen molar-refractivity contribution in [1.82, 2.24) is 4.98 Å². The first kappa shape index (κ1) is 12.5. The topological polar surface area (TPSA) is 59.2 Å². The van der Waals surface area contributed by atoms with Gasteiger partial charge in [-0.05, 0) is 19.1 Å². The zero-order valence-corrected chi connectivity index (χ0v) is 10.6. The van der Waals surface area contributed by atoms with Crippen molar-refractivity contribution in [2.45, 2.75) is 17.7 Å². The van der Waals surface area contributed by atoms with E-state index in [2.05, 4.69) is 4.98 Å². The maximum atomic E-state index is 11.7. The number of rotatable bonds is 4. The number of aromatic amines is 1. The molecular weight excluding hydrogens is 265 g/mol. The number of esters is 1. The van der Waals surface area contributed by atoms with Crippen LogP contribution in [0.15, 0.2) is 18.3 Å². The van der Waals surface area contributed by atoms with E-state index < -0.39 is 15.7 Å². The molecule has 4 nitrogen and oxygen atoms in total. The zero-order valence-electron chi connectivity index (χ0n) is 9.13. The van der Waals surface area contributed by atoms with Gasteiger partial charge in [0.2, 0.25) is 5.78 Å². The first-order valence-electron chi connectivity index (χ1n) is 5.08. The van der Waals surface area contributed by atoms with Gasteiger partial charge in [0.15, 0.2) is 6.61 Å². The highest BCUT2D eigenvalue weighted by molar-refractivity contribution is 6.53. The van der Waals surface area contributed by atoms with Gasteiger partial charge in [-0.15, -0.1) is 23.2 Å². The Balaban J connectivity index is 1.88. The second-order valence-corrected chi connectivity index (χ2v) is 5.78. The number of ether oxygens (including phenoxy) is 1. The third-order valence-electron chi connectivity index (χ3n) is 2.94. The summed E-state index contributed by atoms with van der Waals surface area (Å²) in [6, 6.07) is 3.31. The van der Waals surface area contributed by atoms with E-state index in [1.54, 1.807) is 25.3 Å². The third kappa shape index (κ3) is 2.19. The molecule has 0 saturated heterocycles. The molecular formula is C11H11Cl2NO3. The smallest absolute Gasteiger partial charge is 0.315 e. The van der Waals surface area contributed by atoms with Crippen molar-refractivity contribution in [2.24, 2.45) is 5.41 Å². The first-order valence-corrected chi connectivity index (χ1v) is 5.84. The number of ketones is 1. The molecule has 0 spiro atoms. The third-order valence-corrected chi connectivity index (χ3v) is 4.04. The lowest BCUT2D eigenvalue weighted by molar-refractivity contribution is -0.148. The molecule has 1 aliphatic rings. The molecule has 0 bridgehead atoms. The molecule has 1 saturated carbocycles. The Hall–Kier alpha value is -1.000. The minimum absolute atomic E-state index is 0.289. The highest BCUT2D eigenvalue weighted by atomic mass is 35.5. The minimum atomic E-state index is -1.07. The summed E-state index contributed by atoms with van der Waals surface area (Å²) in [5.41, 5.74) is -0.492. The number of nitrogens with one attached hydrogen (secondary N) is 1. The van der Waals surface area contributed by atoms with Crippen LogP contribution in [0, 0.1) is 5.41 Å². The molecule has 0 radical (unpaired) electrons. The van der Waals surface area contributed by atoms with Crippen LogP contribution < -0.4 is 0 Å². The van der Waals surface area contributed by atoms with Crippen LogP contribution >= 0.6 is 23.2 Å². The van der Waals surface area contributed by atoms with Gasteiger partial charge in [0.25, 0.3) is 0 Å². The van der Waals surface area contributed by atoms with Crippen molar-refractivity contribution < 1.29 is 14.3 Å². The number of H-pyrrole nitrogens is 1. The van der Waals surface area contributed by atoms with E-state index in [9.17, 15) is 9.59 Å². The van der Waals surface area contributed by atoms with Crippen LogP contribution in [-0.4, -0.2) is 27.7 Å². The average molecular weight is 276 g/mol. The quantitative estimate of drug-likeness (QED) is 0.521. The van der Waals surface area contributed by atoms with E-state index in [1.807, 2.05) is 0 Å². The number of carbonyl (C=O) groups excluding carboxylic acids is 2. The molecule has 6 heteroatoms. The second kappa shape index (κ2) is 4.03. The van der Waals surface area contributed by atoms with Gasteiger partial charge in [0.1, 0.15) is 9.75 Å². The van der Waals surface area contributed by atoms with Crippen LogP contribution in [0.1, 0.15) is 23.8 Å². The summed E-state index contributed by atoms with van der Waals surface area (Å²) in [7, 11) is 0. The number of aromatic nitrogens is 1. The average Bonchev–Trinajstić information content (AvgIpc) is 2.73. The van der Waals surface area contributed by atoms with Crippen molar-refractivity contribution in [2.75, 3.05) is 6.61 Å². The molecule has 1 atom stereocenters. The SMILES string of the molecule is C[C@]1(C(=O)OCC(=O)c2ccc[nH]2)CC1(Cl)Cl. The van der Waals surface area contributed by atoms with Gasteiger partial charge in [0, 0.05) is 12.6 Å². The molecule has 0 unspecified atom stereocenters. The van der Waals surface area contributed by atoms with Crippen LogP contribution in [-0.2, 0) is 9.53 Å². The summed E-state index contributed by atoms with van der Waals surface area (Å²) >= 11 is 11.7. The maximum absolute atomic E-state index is 11.7. The summed E-state index contributed by atoms with van der Waals surface area (Å²) in [6.07, 6.45) is 1.97. The molecule has 92 valence electrons. The van der Waals surface area contributed by atoms with Gasteiger partial charge < -0.3 is 9.72 Å². The Morgan fingerprint density at radius 1 is 1.53 bits per heavy atom. The number of hydrogen-bond donors (Lipinski definition) is 1. The zero-order chi connectivity index (χ0) is 12.7. The fraction of sp³-hybridized carbons (Fsp3) is 0.455. The normalized spacial score (nSPS) is 25.4. The van der Waals surface area contributed by atoms with Gasteiger partial charge >= 0.3 is 5.97 Å². The van der Waals surface area contributed by atoms with Crippen molar-refractivity contribution in [3.63, 3.8) is 0 Å². The number of hydrogen-bond acceptors (Lipinski definition) is 3. The van der Waals surface area contributed by atoms with Crippen LogP contribution in [0.25, 0.3) is 0 Å². The van der Waals surface area contributed by atoms with Gasteiger partial charge in [-0.1, -0.05) is 0 Å². The van der Waals surface area contributed by atoms with E-state index in [0.29, 0.717) is 12.1 Å². The van der Waals surface area contributed by atoms with Gasteiger partial charge in [-0.3, -0.25) is 9.59 Å². The number of Topliss-reactive ketones (excluding diaryl/α,β-unsaturated/α-hetero) is 1. The van der Waals surface area contributed by atoms with Crippen molar-refractivity contribution in [3.05, 3.63) is 24.0 Å². The fourth-order valence-electron chi connectivity index (χ4n) is 1.49. The molecule has 0 amide bonds. The summed E-state index contributed by atoms with van der Waals surface area (Å²) < 4.78 is 3.84. The summed E-state index contributed by atoms with van der Waals surface area (Å²) in [5.74, 6) is -0.829. The molecule has 1 aliphatic carbocycles. The molecule has 1 N–H and O–H groups in total. The predicted octanol–water partition coefficient (Wildman–Crippen LogP) is 2.32. The molecule has 1 aromatic heterocycles. The lowest BCUT2D eigenvalue weighted by Crippen LogP contribution is -2.24. The Morgan fingerprint density at radius 2 is 2.18 bits per heavy atom. The number of alkyl halides is 2. The number of halogens is 2. The van der Waals surface area contributed by atoms with Gasteiger partial charge in [-0.2, -0.15) is 0 Å². The minimum Gasteiger partial charge on any atom is -0.457 e. The van der Waals surface area contributed by atoms with E-state index in [0.717, 1.165) is 0 Å². The largest absolute Gasteiger partial charge is 0.457 e. The van der Waals surface area contributed by atoms with E-state index in [4.69, 9.17) is 27.9 Å². The van der Waals surface area contributed by atoms with Crippen molar-refractivity contribution >= 4 is 35.0 Å². The summed E-state index contributed by atoms with van der Waals surface area (Å²) in [4.78, 5) is 25.9. The van der Waals surface area contributed by atoms with E-state index in [-0.39, 0.29) is 12.4 Å². The second-order valence-electron chi connectivity index (χ2n) is 4.30. The Morgan fingerprint density at radius 3 is 2.65 bits per heavy atom. The Labute approximate surface area is 108 Å². The van der Waals surface area contributed by atoms with Crippen molar-refractivity contribution in [3.8, 4) is 0 Å². The molecule has 1 fully saturated rings. The first-order chi connectivity index (χ1) is 7.87. The monoisotopic (exact) mass is 275 g/mol. The Bertz CT molecular complexity index is 455. The lowest BCUT2D eigenvalue weighted by Gasteiger charge is -2.10. The summed E-state index contributed by atoms with van der Waals surface area (Å²) in [6.45, 7) is 1.31. The fourth-order valence-corrected chi connectivity index (χ4v) is 2.18. The maximum Gasteiger partial charge on any atom is 0.315 e. The van der Waals surface area contributed by atoms with E-state index >= 15 is 0 Å². The van der Waals surface area contributed by atoms with Crippen LogP contribution in [0.4, 0.5) is 0 Å². The van der Waals surface area contributed by atoms with Gasteiger partial charge in [0.05, 0.1) is 5.69 Å². The molecule has 0 aliphatic heterocycles. The van der Waals surface area contributed by atoms with Crippen molar-refractivity contribution in [1.29, 1.82) is 0 Å². The highest BCUT2D eigenvalue weighted by Crippen LogP contribution is 2.64. The van der Waals surface area contributed by atoms with Crippen LogP contribution in [0.2, 0.25) is 0 Å². The highest BCUT2D eigenvalue weighted by Gasteiger charge is 2.69. The molecule has 0 aromatic carbocycles. The lowest BCUT2D eigenvalue weighted by atomic mass is 10.1. The molecule has 2 rings (SSSR count). The van der Waals surface area contributed by atoms with Crippen LogP contribution in [0.5, 0.6) is 0 Å². The number of carbonyl (C=O) groups is 2. The van der Waals surface area contributed by atoms with Gasteiger partial charge in [-0.25, -0.2) is 0 Å².